The minimum Gasteiger partial charge on any atom is -0.384 e. The maximum atomic E-state index is 11.8. The number of hydrogen-bond acceptors (Lipinski definition) is 4. The predicted molar refractivity (Wildman–Crippen MR) is 69.3 cm³/mol. The van der Waals surface area contributed by atoms with Gasteiger partial charge < -0.3 is 15.0 Å². The first-order valence-corrected chi connectivity index (χ1v) is 6.23. The van der Waals surface area contributed by atoms with E-state index in [0.717, 1.165) is 25.2 Å². The Kier molecular flexibility index (Phi) is 4.52. The number of anilines is 1. The van der Waals surface area contributed by atoms with Gasteiger partial charge in [0.15, 0.2) is 0 Å². The fraction of sp³-hybridized carbons (Fsp3) is 0.538. The van der Waals surface area contributed by atoms with Gasteiger partial charge in [-0.1, -0.05) is 0 Å². The van der Waals surface area contributed by atoms with Crippen molar-refractivity contribution in [2.75, 3.05) is 32.1 Å². The largest absolute Gasteiger partial charge is 0.384 e. The van der Waals surface area contributed by atoms with Crippen molar-refractivity contribution in [2.45, 2.75) is 18.9 Å². The highest BCUT2D eigenvalue weighted by molar-refractivity contribution is 5.76. The van der Waals surface area contributed by atoms with E-state index in [4.69, 9.17) is 4.74 Å². The first-order valence-electron chi connectivity index (χ1n) is 6.23. The van der Waals surface area contributed by atoms with Crippen LogP contribution >= 0.6 is 0 Å². The lowest BCUT2D eigenvalue weighted by atomic mass is 10.2. The lowest BCUT2D eigenvalue weighted by Crippen LogP contribution is -2.32. The summed E-state index contributed by atoms with van der Waals surface area (Å²) in [5.41, 5.74) is 1.01. The molecule has 0 saturated carbocycles. The van der Waals surface area contributed by atoms with Crippen molar-refractivity contribution in [3.05, 3.63) is 24.5 Å². The zero-order chi connectivity index (χ0) is 12.8. The first kappa shape index (κ1) is 12.8. The second-order valence-corrected chi connectivity index (χ2v) is 4.45. The Morgan fingerprint density at radius 1 is 1.67 bits per heavy atom. The second kappa shape index (κ2) is 6.35. The first-order chi connectivity index (χ1) is 8.79. The second-order valence-electron chi connectivity index (χ2n) is 4.45. The molecule has 18 heavy (non-hydrogen) atoms. The minimum absolute atomic E-state index is 0.173. The van der Waals surface area contributed by atoms with E-state index in [1.807, 2.05) is 17.0 Å². The van der Waals surface area contributed by atoms with Gasteiger partial charge in [-0.05, 0) is 18.6 Å². The van der Waals surface area contributed by atoms with Crippen LogP contribution in [0.3, 0.4) is 0 Å². The van der Waals surface area contributed by atoms with E-state index in [0.29, 0.717) is 19.1 Å². The highest BCUT2D eigenvalue weighted by atomic mass is 16.5. The van der Waals surface area contributed by atoms with E-state index in [2.05, 4.69) is 10.3 Å². The minimum atomic E-state index is 0.173. The number of ether oxygens (including phenoxy) is 1. The third-order valence-electron chi connectivity index (χ3n) is 3.09. The van der Waals surface area contributed by atoms with Gasteiger partial charge in [0.25, 0.3) is 0 Å². The van der Waals surface area contributed by atoms with E-state index in [9.17, 15) is 4.79 Å². The number of pyridine rings is 1. The third-order valence-corrected chi connectivity index (χ3v) is 3.09. The van der Waals surface area contributed by atoms with Crippen molar-refractivity contribution >= 4 is 11.6 Å². The molecule has 1 aromatic rings. The van der Waals surface area contributed by atoms with Crippen molar-refractivity contribution in [1.29, 1.82) is 0 Å². The zero-order valence-electron chi connectivity index (χ0n) is 10.6. The Hall–Kier alpha value is -1.62. The predicted octanol–water partition coefficient (Wildman–Crippen LogP) is 1.13. The number of amides is 1. The average molecular weight is 249 g/mol. The van der Waals surface area contributed by atoms with Crippen LogP contribution in [0.2, 0.25) is 0 Å². The number of rotatable bonds is 5. The molecule has 1 aromatic heterocycles. The monoisotopic (exact) mass is 249 g/mol. The summed E-state index contributed by atoms with van der Waals surface area (Å²) in [6.45, 7) is 2.08. The molecule has 1 saturated heterocycles. The summed E-state index contributed by atoms with van der Waals surface area (Å²) < 4.78 is 4.92. The maximum absolute atomic E-state index is 11.8. The van der Waals surface area contributed by atoms with E-state index >= 15 is 0 Å². The molecule has 1 amide bonds. The highest BCUT2D eigenvalue weighted by Gasteiger charge is 2.25. The number of carbonyl (C=O) groups is 1. The van der Waals surface area contributed by atoms with E-state index in [1.165, 1.54) is 0 Å². The van der Waals surface area contributed by atoms with E-state index in [1.54, 1.807) is 19.5 Å². The molecule has 0 radical (unpaired) electrons. The molecule has 1 N–H and O–H groups in total. The van der Waals surface area contributed by atoms with Crippen molar-refractivity contribution in [3.8, 4) is 0 Å². The van der Waals surface area contributed by atoms with Crippen LogP contribution in [0.4, 0.5) is 5.69 Å². The molecule has 0 aliphatic carbocycles. The molecule has 1 atom stereocenters. The normalized spacial score (nSPS) is 18.9. The SMILES string of the molecule is COCCC(=O)N1CC[C@@H](Nc2cccnc2)C1. The van der Waals surface area contributed by atoms with E-state index in [-0.39, 0.29) is 5.91 Å². The molecule has 0 bridgehead atoms. The number of nitrogens with zero attached hydrogens (tertiary/aromatic N) is 2. The summed E-state index contributed by atoms with van der Waals surface area (Å²) in [6, 6.07) is 4.21. The summed E-state index contributed by atoms with van der Waals surface area (Å²) in [6.07, 6.45) is 5.00. The number of nitrogens with one attached hydrogen (secondary N) is 1. The van der Waals surface area contributed by atoms with Crippen LogP contribution in [0, 0.1) is 0 Å². The summed E-state index contributed by atoms with van der Waals surface area (Å²) >= 11 is 0. The quantitative estimate of drug-likeness (QED) is 0.850. The van der Waals surface area contributed by atoms with Gasteiger partial charge in [-0.3, -0.25) is 9.78 Å². The van der Waals surface area contributed by atoms with E-state index < -0.39 is 0 Å². The van der Waals surface area contributed by atoms with Crippen LogP contribution in [0.1, 0.15) is 12.8 Å². The summed E-state index contributed by atoms with van der Waals surface area (Å²) in [5.74, 6) is 0.173. The summed E-state index contributed by atoms with van der Waals surface area (Å²) in [5, 5.41) is 3.39. The van der Waals surface area contributed by atoms with Gasteiger partial charge in [-0.2, -0.15) is 0 Å². The van der Waals surface area contributed by atoms with Crippen LogP contribution in [0.5, 0.6) is 0 Å². The lowest BCUT2D eigenvalue weighted by molar-refractivity contribution is -0.131. The van der Waals surface area contributed by atoms with Crippen molar-refractivity contribution in [1.82, 2.24) is 9.88 Å². The van der Waals surface area contributed by atoms with Gasteiger partial charge in [0, 0.05) is 38.6 Å². The topological polar surface area (TPSA) is 54.5 Å². The standard InChI is InChI=1S/C13H19N3O2/c1-18-8-5-13(17)16-7-4-12(10-16)15-11-3-2-6-14-9-11/h2-3,6,9,12,15H,4-5,7-8,10H2,1H3/t12-/m1/s1. The molecule has 0 unspecified atom stereocenters. The van der Waals surface area contributed by atoms with Crippen LogP contribution in [0.15, 0.2) is 24.5 Å². The van der Waals surface area contributed by atoms with Gasteiger partial charge in [0.1, 0.15) is 0 Å². The number of likely N-dealkylation sites (tertiary alicyclic amines) is 1. The number of aromatic nitrogens is 1. The van der Waals surface area contributed by atoms with Gasteiger partial charge in [-0.25, -0.2) is 0 Å². The Morgan fingerprint density at radius 2 is 2.56 bits per heavy atom. The average Bonchev–Trinajstić information content (AvgIpc) is 2.86. The Morgan fingerprint density at radius 3 is 3.28 bits per heavy atom. The van der Waals surface area contributed by atoms with Crippen LogP contribution in [0.25, 0.3) is 0 Å². The van der Waals surface area contributed by atoms with Crippen molar-refractivity contribution < 1.29 is 9.53 Å². The molecular weight excluding hydrogens is 230 g/mol. The Bertz CT molecular complexity index is 383. The molecule has 1 aliphatic heterocycles. The van der Waals surface area contributed by atoms with Crippen LogP contribution in [-0.2, 0) is 9.53 Å². The van der Waals surface area contributed by atoms with Gasteiger partial charge in [-0.15, -0.1) is 0 Å². The van der Waals surface area contributed by atoms with Gasteiger partial charge in [0.2, 0.25) is 5.91 Å². The number of carbonyl (C=O) groups excluding carboxylic acids is 1. The maximum Gasteiger partial charge on any atom is 0.224 e. The Balaban J connectivity index is 1.80. The fourth-order valence-electron chi connectivity index (χ4n) is 2.14. The van der Waals surface area contributed by atoms with Crippen LogP contribution in [-0.4, -0.2) is 48.6 Å². The summed E-state index contributed by atoms with van der Waals surface area (Å²) in [7, 11) is 1.62. The smallest absolute Gasteiger partial charge is 0.224 e. The fourth-order valence-corrected chi connectivity index (χ4v) is 2.14. The number of hydrogen-bond donors (Lipinski definition) is 1. The molecule has 1 aliphatic rings. The molecule has 1 fully saturated rings. The zero-order valence-corrected chi connectivity index (χ0v) is 10.6. The van der Waals surface area contributed by atoms with Gasteiger partial charge >= 0.3 is 0 Å². The van der Waals surface area contributed by atoms with Gasteiger partial charge in [0.05, 0.1) is 18.7 Å². The van der Waals surface area contributed by atoms with Crippen LogP contribution < -0.4 is 5.32 Å². The molecule has 0 aromatic carbocycles. The summed E-state index contributed by atoms with van der Waals surface area (Å²) in [4.78, 5) is 17.8. The third kappa shape index (κ3) is 3.43. The molecule has 98 valence electrons. The van der Waals surface area contributed by atoms with Crippen molar-refractivity contribution in [3.63, 3.8) is 0 Å². The molecular formula is C13H19N3O2. The Labute approximate surface area is 107 Å². The molecule has 2 heterocycles. The number of methoxy groups -OCH3 is 1. The van der Waals surface area contributed by atoms with Crippen molar-refractivity contribution in [2.24, 2.45) is 0 Å². The lowest BCUT2D eigenvalue weighted by Gasteiger charge is -2.17. The highest BCUT2D eigenvalue weighted by Crippen LogP contribution is 2.15. The molecule has 2 rings (SSSR count). The molecule has 5 nitrogen and oxygen atoms in total. The molecule has 5 heteroatoms. The molecule has 0 spiro atoms.